The summed E-state index contributed by atoms with van der Waals surface area (Å²) in [6, 6.07) is 4.27. The van der Waals surface area contributed by atoms with Crippen LogP contribution in [0.25, 0.3) is 0 Å². The number of aliphatic hydroxyl groups is 1. The number of hydrogen-bond acceptors (Lipinski definition) is 5. The maximum atomic E-state index is 13.6. The smallest absolute Gasteiger partial charge is 0.493 e. The normalized spacial score (nSPS) is 14.5. The van der Waals surface area contributed by atoms with Gasteiger partial charge < -0.3 is 15.6 Å². The van der Waals surface area contributed by atoms with Crippen molar-refractivity contribution in [1.29, 1.82) is 0 Å². The number of aryl methyl sites for hydroxylation is 2. The molecule has 0 heterocycles. The first-order valence-corrected chi connectivity index (χ1v) is 11.8. The van der Waals surface area contributed by atoms with Crippen molar-refractivity contribution in [3.05, 3.63) is 64.2 Å². The second kappa shape index (κ2) is 12.6. The van der Waals surface area contributed by atoms with Gasteiger partial charge in [-0.3, -0.25) is 0 Å². The highest BCUT2D eigenvalue weighted by atomic mass is 31.1. The molecule has 5 nitrogen and oxygen atoms in total. The number of alkyl halides is 9. The Morgan fingerprint density at radius 1 is 0.816 bits per heavy atom. The van der Waals surface area contributed by atoms with Gasteiger partial charge in [-0.05, 0) is 71.7 Å². The molecule has 0 spiro atoms. The SMILES string of the molecule is NC(CO)(CCc1ccc(OCCCc2cc(C(F)(F)F)cc(C(F)(F)F)c2)c(C(F)(F)F)c1)CO[PH+]=O. The Kier molecular flexibility index (Phi) is 10.6. The van der Waals surface area contributed by atoms with Crippen molar-refractivity contribution in [2.45, 2.75) is 49.8 Å². The van der Waals surface area contributed by atoms with E-state index in [0.29, 0.717) is 12.1 Å². The van der Waals surface area contributed by atoms with Gasteiger partial charge in [0.1, 0.15) is 12.4 Å². The summed E-state index contributed by atoms with van der Waals surface area (Å²) >= 11 is 0. The Morgan fingerprint density at radius 3 is 1.92 bits per heavy atom. The second-order valence-corrected chi connectivity index (χ2v) is 9.04. The average molecular weight is 580 g/mol. The summed E-state index contributed by atoms with van der Waals surface area (Å²) in [5.74, 6) is -0.571. The van der Waals surface area contributed by atoms with Gasteiger partial charge in [0.05, 0.1) is 35.4 Å². The van der Waals surface area contributed by atoms with Gasteiger partial charge in [-0.1, -0.05) is 6.07 Å². The molecule has 2 aromatic carbocycles. The lowest BCUT2D eigenvalue weighted by atomic mass is 9.93. The molecule has 0 bridgehead atoms. The average Bonchev–Trinajstić information content (AvgIpc) is 2.82. The van der Waals surface area contributed by atoms with Crippen LogP contribution in [-0.2, 0) is 40.5 Å². The predicted octanol–water partition coefficient (Wildman–Crippen LogP) is 6.33. The fourth-order valence-corrected chi connectivity index (χ4v) is 3.81. The highest BCUT2D eigenvalue weighted by molar-refractivity contribution is 7.17. The molecule has 2 unspecified atom stereocenters. The number of rotatable bonds is 12. The predicted molar refractivity (Wildman–Crippen MR) is 119 cm³/mol. The van der Waals surface area contributed by atoms with Gasteiger partial charge in [0.25, 0.3) is 0 Å². The number of nitrogens with two attached hydrogens (primary N) is 1. The second-order valence-electron chi connectivity index (χ2n) is 8.59. The van der Waals surface area contributed by atoms with Gasteiger partial charge >= 0.3 is 27.2 Å². The summed E-state index contributed by atoms with van der Waals surface area (Å²) in [5.41, 5.74) is 0.356. The molecular weight excluding hydrogens is 556 g/mol. The first kappa shape index (κ1) is 31.8. The van der Waals surface area contributed by atoms with Crippen molar-refractivity contribution in [3.8, 4) is 5.75 Å². The molecule has 0 aliphatic carbocycles. The van der Waals surface area contributed by atoms with Gasteiger partial charge in [-0.25, -0.2) is 0 Å². The van der Waals surface area contributed by atoms with Crippen LogP contribution in [0.3, 0.4) is 0 Å². The molecule has 0 amide bonds. The van der Waals surface area contributed by atoms with E-state index >= 15 is 0 Å². The minimum atomic E-state index is -5.01. The number of ether oxygens (including phenoxy) is 1. The number of hydrogen-bond donors (Lipinski definition) is 2. The topological polar surface area (TPSA) is 81.8 Å². The van der Waals surface area contributed by atoms with E-state index in [9.17, 15) is 49.2 Å². The van der Waals surface area contributed by atoms with Crippen LogP contribution < -0.4 is 10.5 Å². The van der Waals surface area contributed by atoms with Crippen molar-refractivity contribution >= 4 is 8.69 Å². The number of aliphatic hydroxyl groups excluding tert-OH is 1. The molecule has 3 N–H and O–H groups in total. The first-order chi connectivity index (χ1) is 17.5. The Bertz CT molecular complexity index is 1060. The molecule has 38 heavy (non-hydrogen) atoms. The Labute approximate surface area is 213 Å². The van der Waals surface area contributed by atoms with Crippen molar-refractivity contribution in [2.24, 2.45) is 5.73 Å². The van der Waals surface area contributed by atoms with Crippen LogP contribution in [-0.4, -0.2) is 30.5 Å². The fourth-order valence-electron chi connectivity index (χ4n) is 3.47. The van der Waals surface area contributed by atoms with Crippen LogP contribution in [0.4, 0.5) is 39.5 Å². The molecule has 2 rings (SSSR count). The standard InChI is InChI=1S/C23H24F9NO4P/c24-21(25,26)16-8-15(9-17(11-16)22(27,28)29)2-1-7-36-19-4-3-14(10-18(19)23(30,31)32)5-6-20(33,12-34)13-37-38-35/h3-4,8-11,34,38H,1-2,5-7,12-13,33H2/q+1. The largest absolute Gasteiger partial charge is 0.494 e. The molecule has 15 heteroatoms. The Hall–Kier alpha value is -2.41. The van der Waals surface area contributed by atoms with Crippen molar-refractivity contribution < 1.29 is 58.4 Å². The van der Waals surface area contributed by atoms with Crippen LogP contribution in [0.15, 0.2) is 36.4 Å². The Balaban J connectivity index is 2.11. The zero-order valence-electron chi connectivity index (χ0n) is 19.6. The van der Waals surface area contributed by atoms with E-state index in [2.05, 4.69) is 4.52 Å². The molecule has 0 radical (unpaired) electrons. The van der Waals surface area contributed by atoms with E-state index in [0.717, 1.165) is 12.1 Å². The van der Waals surface area contributed by atoms with Crippen LogP contribution >= 0.6 is 8.69 Å². The quantitative estimate of drug-likeness (QED) is 0.174. The van der Waals surface area contributed by atoms with E-state index in [1.807, 2.05) is 0 Å². The molecular formula is C23H24F9NO4P+. The first-order valence-electron chi connectivity index (χ1n) is 11.0. The Morgan fingerprint density at radius 2 is 1.42 bits per heavy atom. The van der Waals surface area contributed by atoms with Crippen molar-refractivity contribution in [1.82, 2.24) is 0 Å². The van der Waals surface area contributed by atoms with Gasteiger partial charge in [-0.2, -0.15) is 39.5 Å². The van der Waals surface area contributed by atoms with Crippen molar-refractivity contribution in [3.63, 3.8) is 0 Å². The third kappa shape index (κ3) is 9.40. The summed E-state index contributed by atoms with van der Waals surface area (Å²) < 4.78 is 139. The highest BCUT2D eigenvalue weighted by Crippen LogP contribution is 2.38. The van der Waals surface area contributed by atoms with Crippen molar-refractivity contribution in [2.75, 3.05) is 19.8 Å². The van der Waals surface area contributed by atoms with Gasteiger partial charge in [0.2, 0.25) is 0 Å². The molecule has 0 saturated heterocycles. The van der Waals surface area contributed by atoms with Crippen LogP contribution in [0, 0.1) is 0 Å². The minimum absolute atomic E-state index is 0.00237. The third-order valence-electron chi connectivity index (χ3n) is 5.51. The lowest BCUT2D eigenvalue weighted by Gasteiger charge is -2.24. The summed E-state index contributed by atoms with van der Waals surface area (Å²) in [6.45, 7) is -1.26. The molecule has 0 aromatic heterocycles. The van der Waals surface area contributed by atoms with E-state index in [4.69, 9.17) is 10.5 Å². The van der Waals surface area contributed by atoms with Gasteiger partial charge in [0.15, 0.2) is 0 Å². The van der Waals surface area contributed by atoms with E-state index < -0.39 is 68.4 Å². The zero-order valence-corrected chi connectivity index (χ0v) is 20.6. The lowest BCUT2D eigenvalue weighted by molar-refractivity contribution is -0.143. The summed E-state index contributed by atoms with van der Waals surface area (Å²) in [4.78, 5) is 0. The molecule has 2 atom stereocenters. The zero-order chi connectivity index (χ0) is 28.8. The number of halogens is 9. The highest BCUT2D eigenvalue weighted by Gasteiger charge is 2.37. The lowest BCUT2D eigenvalue weighted by Crippen LogP contribution is -2.47. The van der Waals surface area contributed by atoms with Crippen LogP contribution in [0.5, 0.6) is 5.75 Å². The molecule has 0 fully saturated rings. The number of benzene rings is 2. The van der Waals surface area contributed by atoms with Crippen LogP contribution in [0.2, 0.25) is 0 Å². The molecule has 2 aromatic rings. The van der Waals surface area contributed by atoms with E-state index in [1.165, 1.54) is 6.07 Å². The monoisotopic (exact) mass is 580 g/mol. The van der Waals surface area contributed by atoms with E-state index in [-0.39, 0.29) is 49.5 Å². The van der Waals surface area contributed by atoms with Gasteiger partial charge in [0, 0.05) is 0 Å². The van der Waals surface area contributed by atoms with E-state index in [1.54, 1.807) is 0 Å². The molecule has 0 aliphatic rings. The summed E-state index contributed by atoms with van der Waals surface area (Å²) in [5, 5.41) is 9.42. The molecule has 212 valence electrons. The minimum Gasteiger partial charge on any atom is -0.493 e. The maximum absolute atomic E-state index is 13.6. The van der Waals surface area contributed by atoms with Gasteiger partial charge in [-0.15, -0.1) is 4.52 Å². The van der Waals surface area contributed by atoms with Crippen LogP contribution in [0.1, 0.15) is 40.7 Å². The fraction of sp³-hybridized carbons (Fsp3) is 0.478. The maximum Gasteiger partial charge on any atom is 0.494 e. The summed E-state index contributed by atoms with van der Waals surface area (Å²) in [6.07, 6.45) is -15.3. The summed E-state index contributed by atoms with van der Waals surface area (Å²) in [7, 11) is -1.13. The molecule has 0 aliphatic heterocycles. The molecule has 0 saturated carbocycles. The third-order valence-corrected chi connectivity index (χ3v) is 5.77.